The molecule has 0 atom stereocenters. The summed E-state index contributed by atoms with van der Waals surface area (Å²) < 4.78 is 5.29. The van der Waals surface area contributed by atoms with Crippen LogP contribution in [0.4, 0.5) is 5.69 Å². The van der Waals surface area contributed by atoms with Gasteiger partial charge in [0.15, 0.2) is 0 Å². The fourth-order valence-corrected chi connectivity index (χ4v) is 3.83. The van der Waals surface area contributed by atoms with Crippen molar-refractivity contribution in [2.24, 2.45) is 0 Å². The smallest absolute Gasteiger partial charge is 0.349 e. The number of amides is 1. The highest BCUT2D eigenvalue weighted by atomic mass is 35.5. The first-order valence-corrected chi connectivity index (χ1v) is 9.72. The Kier molecular flexibility index (Phi) is 5.04. The van der Waals surface area contributed by atoms with Crippen LogP contribution < -0.4 is 10.5 Å². The van der Waals surface area contributed by atoms with Gasteiger partial charge in [-0.05, 0) is 48.9 Å². The highest BCUT2D eigenvalue weighted by Gasteiger charge is 2.25. The molecule has 4 rings (SSSR count). The van der Waals surface area contributed by atoms with Gasteiger partial charge >= 0.3 is 5.63 Å². The summed E-state index contributed by atoms with van der Waals surface area (Å²) in [4.78, 5) is 29.1. The zero-order chi connectivity index (χ0) is 19.8. The molecule has 0 aliphatic carbocycles. The Morgan fingerprint density at radius 2 is 1.64 bits per heavy atom. The molecule has 2 aromatic carbocycles. The summed E-state index contributed by atoms with van der Waals surface area (Å²) in [5, 5.41) is 1.83. The van der Waals surface area contributed by atoms with Gasteiger partial charge in [-0.1, -0.05) is 29.3 Å². The fourth-order valence-electron chi connectivity index (χ4n) is 3.49. The Balaban J connectivity index is 1.54. The molecule has 0 saturated carbocycles. The van der Waals surface area contributed by atoms with Crippen LogP contribution in [-0.4, -0.2) is 37.0 Å². The van der Waals surface area contributed by atoms with Gasteiger partial charge in [0, 0.05) is 47.3 Å². The number of rotatable bonds is 2. The van der Waals surface area contributed by atoms with Crippen molar-refractivity contribution in [3.05, 3.63) is 74.1 Å². The van der Waals surface area contributed by atoms with Crippen molar-refractivity contribution < 1.29 is 9.21 Å². The van der Waals surface area contributed by atoms with Crippen molar-refractivity contribution in [2.75, 3.05) is 31.1 Å². The first-order valence-electron chi connectivity index (χ1n) is 8.96. The zero-order valence-electron chi connectivity index (χ0n) is 15.2. The summed E-state index contributed by atoms with van der Waals surface area (Å²) in [5.41, 5.74) is 2.01. The molecule has 28 heavy (non-hydrogen) atoms. The third kappa shape index (κ3) is 3.60. The van der Waals surface area contributed by atoms with E-state index in [1.54, 1.807) is 29.2 Å². The second-order valence-corrected chi connectivity index (χ2v) is 7.71. The van der Waals surface area contributed by atoms with Gasteiger partial charge in [0.25, 0.3) is 5.91 Å². The van der Waals surface area contributed by atoms with Crippen LogP contribution in [0.3, 0.4) is 0 Å². The van der Waals surface area contributed by atoms with Crippen molar-refractivity contribution in [1.82, 2.24) is 4.90 Å². The van der Waals surface area contributed by atoms with Gasteiger partial charge in [-0.3, -0.25) is 4.79 Å². The van der Waals surface area contributed by atoms with E-state index >= 15 is 0 Å². The minimum absolute atomic E-state index is 0.0298. The lowest BCUT2D eigenvalue weighted by atomic mass is 10.1. The van der Waals surface area contributed by atoms with Gasteiger partial charge in [0.1, 0.15) is 11.1 Å². The summed E-state index contributed by atoms with van der Waals surface area (Å²) in [6.45, 7) is 4.39. The minimum Gasteiger partial charge on any atom is -0.422 e. The van der Waals surface area contributed by atoms with E-state index in [2.05, 4.69) is 4.90 Å². The lowest BCUT2D eigenvalue weighted by Gasteiger charge is -2.36. The fraction of sp³-hybridized carbons (Fsp3) is 0.238. The normalized spacial score (nSPS) is 14.5. The van der Waals surface area contributed by atoms with Crippen LogP contribution in [0.1, 0.15) is 15.9 Å². The Morgan fingerprint density at radius 3 is 2.39 bits per heavy atom. The molecule has 1 aliphatic rings. The lowest BCUT2D eigenvalue weighted by molar-refractivity contribution is 0.0742. The lowest BCUT2D eigenvalue weighted by Crippen LogP contribution is -2.49. The number of aryl methyl sites for hydroxylation is 1. The maximum absolute atomic E-state index is 12.9. The summed E-state index contributed by atoms with van der Waals surface area (Å²) in [5.74, 6) is -0.321. The SMILES string of the molecule is Cc1ccc(Cl)cc1N1CCN(C(=O)c2cc3cc(Cl)ccc3oc2=O)CC1. The number of carbonyl (C=O) groups excluding carboxylic acids is 1. The number of anilines is 1. The molecule has 1 fully saturated rings. The van der Waals surface area contributed by atoms with Crippen LogP contribution >= 0.6 is 23.2 Å². The van der Waals surface area contributed by atoms with Crippen molar-refractivity contribution >= 4 is 45.8 Å². The monoisotopic (exact) mass is 416 g/mol. The summed E-state index contributed by atoms with van der Waals surface area (Å²) >= 11 is 12.1. The number of halogens is 2. The molecule has 1 amide bonds. The Hall–Kier alpha value is -2.50. The van der Waals surface area contributed by atoms with E-state index in [1.165, 1.54) is 0 Å². The standard InChI is InChI=1S/C21H18Cl2N2O3/c1-13-2-3-16(23)12-18(13)24-6-8-25(9-7-24)20(26)17-11-14-10-15(22)4-5-19(14)28-21(17)27/h2-5,10-12H,6-9H2,1H3. The van der Waals surface area contributed by atoms with Crippen molar-refractivity contribution in [3.63, 3.8) is 0 Å². The largest absolute Gasteiger partial charge is 0.422 e. The molecule has 5 nitrogen and oxygen atoms in total. The molecule has 1 aliphatic heterocycles. The zero-order valence-corrected chi connectivity index (χ0v) is 16.8. The van der Waals surface area contributed by atoms with Crippen LogP contribution in [0.5, 0.6) is 0 Å². The molecule has 2 heterocycles. The molecule has 1 aromatic heterocycles. The number of nitrogens with zero attached hydrogens (tertiary/aromatic N) is 2. The Morgan fingerprint density at radius 1 is 0.964 bits per heavy atom. The van der Waals surface area contributed by atoms with Crippen molar-refractivity contribution in [1.29, 1.82) is 0 Å². The molecule has 144 valence electrons. The third-order valence-corrected chi connectivity index (χ3v) is 5.47. The molecule has 1 saturated heterocycles. The molecule has 0 radical (unpaired) electrons. The maximum atomic E-state index is 12.9. The number of hydrogen-bond acceptors (Lipinski definition) is 4. The van der Waals surface area contributed by atoms with Crippen LogP contribution in [0.25, 0.3) is 11.0 Å². The number of piperazine rings is 1. The van der Waals surface area contributed by atoms with Gasteiger partial charge in [0.2, 0.25) is 0 Å². The topological polar surface area (TPSA) is 53.8 Å². The van der Waals surface area contributed by atoms with Crippen molar-refractivity contribution in [2.45, 2.75) is 6.92 Å². The first kappa shape index (κ1) is 18.8. The first-order chi connectivity index (χ1) is 13.4. The molecular weight excluding hydrogens is 399 g/mol. The summed E-state index contributed by atoms with van der Waals surface area (Å²) in [6.07, 6.45) is 0. The van der Waals surface area contributed by atoms with E-state index < -0.39 is 5.63 Å². The molecular formula is C21H18Cl2N2O3. The summed E-state index contributed by atoms with van der Waals surface area (Å²) in [7, 11) is 0. The number of hydrogen-bond donors (Lipinski definition) is 0. The molecule has 0 N–H and O–H groups in total. The quantitative estimate of drug-likeness (QED) is 0.581. The second kappa shape index (κ2) is 7.49. The van der Waals surface area contributed by atoms with Crippen LogP contribution in [0.2, 0.25) is 10.0 Å². The maximum Gasteiger partial charge on any atom is 0.349 e. The van der Waals surface area contributed by atoms with E-state index in [4.69, 9.17) is 27.6 Å². The molecule has 0 unspecified atom stereocenters. The number of carbonyl (C=O) groups is 1. The van der Waals surface area contributed by atoms with Gasteiger partial charge in [0.05, 0.1) is 0 Å². The van der Waals surface area contributed by atoms with Crippen LogP contribution in [-0.2, 0) is 0 Å². The van der Waals surface area contributed by atoms with Gasteiger partial charge in [-0.2, -0.15) is 0 Å². The molecule has 0 bridgehead atoms. The van der Waals surface area contributed by atoms with E-state index in [0.717, 1.165) is 11.3 Å². The number of benzene rings is 2. The average Bonchev–Trinajstić information content (AvgIpc) is 2.69. The number of fused-ring (bicyclic) bond motifs is 1. The molecule has 7 heteroatoms. The minimum atomic E-state index is -0.632. The molecule has 3 aromatic rings. The predicted molar refractivity (Wildman–Crippen MR) is 112 cm³/mol. The van der Waals surface area contributed by atoms with Gasteiger partial charge in [-0.15, -0.1) is 0 Å². The Bertz CT molecular complexity index is 1120. The Labute approximate surface area is 172 Å². The van der Waals surface area contributed by atoms with Crippen LogP contribution in [0, 0.1) is 6.92 Å². The highest BCUT2D eigenvalue weighted by Crippen LogP contribution is 2.26. The molecule has 0 spiro atoms. The van der Waals surface area contributed by atoms with E-state index in [1.807, 2.05) is 25.1 Å². The van der Waals surface area contributed by atoms with E-state index in [-0.39, 0.29) is 11.5 Å². The van der Waals surface area contributed by atoms with E-state index in [0.29, 0.717) is 47.2 Å². The van der Waals surface area contributed by atoms with E-state index in [9.17, 15) is 9.59 Å². The van der Waals surface area contributed by atoms with Gasteiger partial charge in [-0.25, -0.2) is 4.79 Å². The van der Waals surface area contributed by atoms with Crippen LogP contribution in [0.15, 0.2) is 51.7 Å². The highest BCUT2D eigenvalue weighted by molar-refractivity contribution is 6.31. The second-order valence-electron chi connectivity index (χ2n) is 6.84. The predicted octanol–water partition coefficient (Wildman–Crippen LogP) is 4.37. The summed E-state index contributed by atoms with van der Waals surface area (Å²) in [6, 6.07) is 12.3. The van der Waals surface area contributed by atoms with Crippen molar-refractivity contribution in [3.8, 4) is 0 Å². The average molecular weight is 417 g/mol. The van der Waals surface area contributed by atoms with Gasteiger partial charge < -0.3 is 14.2 Å². The third-order valence-electron chi connectivity index (χ3n) is 5.00.